The molecule has 90 valence electrons. The largest absolute Gasteiger partial charge is 0.353 e. The zero-order valence-corrected chi connectivity index (χ0v) is 10.4. The highest BCUT2D eigenvalue weighted by Gasteiger charge is 2.36. The molecule has 0 aromatic rings. The SMILES string of the molecule is CCC1C(=O)NCCN1C(=O)C1CCCS1. The average molecular weight is 242 g/mol. The Bertz CT molecular complexity index is 290. The molecule has 2 heterocycles. The summed E-state index contributed by atoms with van der Waals surface area (Å²) in [5.74, 6) is 1.25. The normalized spacial score (nSPS) is 30.3. The fraction of sp³-hybridized carbons (Fsp3) is 0.818. The highest BCUT2D eigenvalue weighted by molar-refractivity contribution is 8.00. The lowest BCUT2D eigenvalue weighted by Gasteiger charge is -2.35. The Morgan fingerprint density at radius 3 is 3.06 bits per heavy atom. The smallest absolute Gasteiger partial charge is 0.242 e. The highest BCUT2D eigenvalue weighted by Crippen LogP contribution is 2.28. The number of piperazine rings is 1. The molecule has 16 heavy (non-hydrogen) atoms. The van der Waals surface area contributed by atoms with Crippen LogP contribution in [0.1, 0.15) is 26.2 Å². The van der Waals surface area contributed by atoms with Crippen molar-refractivity contribution in [2.75, 3.05) is 18.8 Å². The summed E-state index contributed by atoms with van der Waals surface area (Å²) in [4.78, 5) is 25.7. The summed E-state index contributed by atoms with van der Waals surface area (Å²) < 4.78 is 0. The Hall–Kier alpha value is -0.710. The molecule has 0 aromatic heterocycles. The van der Waals surface area contributed by atoms with Crippen LogP contribution in [0.4, 0.5) is 0 Å². The van der Waals surface area contributed by atoms with E-state index in [-0.39, 0.29) is 23.1 Å². The van der Waals surface area contributed by atoms with Crippen molar-refractivity contribution < 1.29 is 9.59 Å². The fourth-order valence-electron chi connectivity index (χ4n) is 2.34. The number of thioether (sulfide) groups is 1. The topological polar surface area (TPSA) is 49.4 Å². The number of rotatable bonds is 2. The number of carbonyl (C=O) groups excluding carboxylic acids is 2. The molecule has 2 saturated heterocycles. The molecule has 2 aliphatic rings. The van der Waals surface area contributed by atoms with Gasteiger partial charge in [0, 0.05) is 13.1 Å². The van der Waals surface area contributed by atoms with Crippen molar-refractivity contribution in [3.05, 3.63) is 0 Å². The van der Waals surface area contributed by atoms with Crippen LogP contribution in [0, 0.1) is 0 Å². The van der Waals surface area contributed by atoms with Gasteiger partial charge in [0.15, 0.2) is 0 Å². The van der Waals surface area contributed by atoms with Crippen molar-refractivity contribution >= 4 is 23.6 Å². The maximum absolute atomic E-state index is 12.2. The van der Waals surface area contributed by atoms with Crippen molar-refractivity contribution in [3.63, 3.8) is 0 Å². The first kappa shape index (κ1) is 11.8. The van der Waals surface area contributed by atoms with Crippen molar-refractivity contribution in [1.82, 2.24) is 10.2 Å². The van der Waals surface area contributed by atoms with Crippen molar-refractivity contribution in [2.24, 2.45) is 0 Å². The van der Waals surface area contributed by atoms with Crippen LogP contribution in [-0.4, -0.2) is 46.8 Å². The summed E-state index contributed by atoms with van der Waals surface area (Å²) in [6.45, 7) is 3.22. The minimum absolute atomic E-state index is 0.00472. The summed E-state index contributed by atoms with van der Waals surface area (Å²) in [5.41, 5.74) is 0. The van der Waals surface area contributed by atoms with E-state index in [0.717, 1.165) is 18.6 Å². The van der Waals surface area contributed by atoms with Gasteiger partial charge in [0.05, 0.1) is 5.25 Å². The number of hydrogen-bond acceptors (Lipinski definition) is 3. The predicted octanol–water partition coefficient (Wildman–Crippen LogP) is 0.619. The van der Waals surface area contributed by atoms with E-state index >= 15 is 0 Å². The van der Waals surface area contributed by atoms with Crippen molar-refractivity contribution in [2.45, 2.75) is 37.5 Å². The third-order valence-electron chi connectivity index (χ3n) is 3.21. The standard InChI is InChI=1S/C11H18N2O2S/c1-2-8-10(14)12-5-6-13(8)11(15)9-4-3-7-16-9/h8-9H,2-7H2,1H3,(H,12,14). The Morgan fingerprint density at radius 2 is 2.44 bits per heavy atom. The number of nitrogens with one attached hydrogen (secondary N) is 1. The second-order valence-corrected chi connectivity index (χ2v) is 5.56. The first-order valence-electron chi connectivity index (χ1n) is 5.94. The number of nitrogens with zero attached hydrogens (tertiary/aromatic N) is 1. The minimum atomic E-state index is -0.248. The van der Waals surface area contributed by atoms with E-state index in [4.69, 9.17) is 0 Å². The van der Waals surface area contributed by atoms with E-state index in [1.807, 2.05) is 6.92 Å². The molecule has 2 aliphatic heterocycles. The number of amides is 2. The molecular formula is C11H18N2O2S. The molecule has 0 aliphatic carbocycles. The Kier molecular flexibility index (Phi) is 3.74. The number of carbonyl (C=O) groups is 2. The lowest BCUT2D eigenvalue weighted by molar-refractivity contribution is -0.142. The van der Waals surface area contributed by atoms with Crippen LogP contribution in [0.15, 0.2) is 0 Å². The van der Waals surface area contributed by atoms with Crippen molar-refractivity contribution in [3.8, 4) is 0 Å². The summed E-state index contributed by atoms with van der Waals surface area (Å²) in [5, 5.41) is 2.92. The Balaban J connectivity index is 2.05. The van der Waals surface area contributed by atoms with Gasteiger partial charge in [-0.2, -0.15) is 0 Å². The first-order chi connectivity index (χ1) is 7.74. The fourth-order valence-corrected chi connectivity index (χ4v) is 3.57. The molecule has 2 amide bonds. The zero-order valence-electron chi connectivity index (χ0n) is 9.57. The van der Waals surface area contributed by atoms with Crippen LogP contribution in [-0.2, 0) is 9.59 Å². The third-order valence-corrected chi connectivity index (χ3v) is 4.57. The van der Waals surface area contributed by atoms with Crippen LogP contribution in [0.2, 0.25) is 0 Å². The summed E-state index contributed by atoms with van der Waals surface area (Å²) >= 11 is 1.73. The summed E-state index contributed by atoms with van der Waals surface area (Å²) in [6.07, 6.45) is 2.80. The van der Waals surface area contributed by atoms with E-state index in [1.54, 1.807) is 16.7 Å². The lowest BCUT2D eigenvalue weighted by atomic mass is 10.1. The monoisotopic (exact) mass is 242 g/mol. The van der Waals surface area contributed by atoms with Crippen LogP contribution in [0.25, 0.3) is 0 Å². The Labute approximate surface area is 100 Å². The van der Waals surface area contributed by atoms with Gasteiger partial charge in [-0.15, -0.1) is 11.8 Å². The Morgan fingerprint density at radius 1 is 1.62 bits per heavy atom. The van der Waals surface area contributed by atoms with Crippen LogP contribution in [0.5, 0.6) is 0 Å². The van der Waals surface area contributed by atoms with Crippen molar-refractivity contribution in [1.29, 1.82) is 0 Å². The maximum Gasteiger partial charge on any atom is 0.242 e. The van der Waals surface area contributed by atoms with E-state index in [0.29, 0.717) is 19.5 Å². The molecule has 2 atom stereocenters. The molecule has 1 N–H and O–H groups in total. The van der Waals surface area contributed by atoms with Gasteiger partial charge in [0.1, 0.15) is 6.04 Å². The van der Waals surface area contributed by atoms with Gasteiger partial charge >= 0.3 is 0 Å². The van der Waals surface area contributed by atoms with E-state index in [1.165, 1.54) is 0 Å². The second kappa shape index (κ2) is 5.08. The summed E-state index contributed by atoms with van der Waals surface area (Å²) in [6, 6.07) is -0.248. The van der Waals surface area contributed by atoms with Gasteiger partial charge in [-0.1, -0.05) is 6.92 Å². The van der Waals surface area contributed by atoms with Gasteiger partial charge in [0.2, 0.25) is 11.8 Å². The van der Waals surface area contributed by atoms with E-state index < -0.39 is 0 Å². The van der Waals surface area contributed by atoms with Gasteiger partial charge in [0.25, 0.3) is 0 Å². The lowest BCUT2D eigenvalue weighted by Crippen LogP contribution is -2.58. The van der Waals surface area contributed by atoms with Crippen LogP contribution >= 0.6 is 11.8 Å². The molecule has 0 bridgehead atoms. The molecule has 0 saturated carbocycles. The molecule has 0 spiro atoms. The molecule has 5 heteroatoms. The molecule has 2 fully saturated rings. The van der Waals surface area contributed by atoms with Crippen LogP contribution < -0.4 is 5.32 Å². The molecule has 0 aromatic carbocycles. The summed E-state index contributed by atoms with van der Waals surface area (Å²) in [7, 11) is 0. The quantitative estimate of drug-likeness (QED) is 0.772. The van der Waals surface area contributed by atoms with Crippen LogP contribution in [0.3, 0.4) is 0 Å². The van der Waals surface area contributed by atoms with Gasteiger partial charge in [-0.05, 0) is 25.0 Å². The average Bonchev–Trinajstić information content (AvgIpc) is 2.81. The van der Waals surface area contributed by atoms with Gasteiger partial charge in [-0.25, -0.2) is 0 Å². The second-order valence-electron chi connectivity index (χ2n) is 4.25. The van der Waals surface area contributed by atoms with E-state index in [9.17, 15) is 9.59 Å². The molecule has 2 unspecified atom stereocenters. The van der Waals surface area contributed by atoms with E-state index in [2.05, 4.69) is 5.32 Å². The third kappa shape index (κ3) is 2.19. The highest BCUT2D eigenvalue weighted by atomic mass is 32.2. The number of hydrogen-bond donors (Lipinski definition) is 1. The molecular weight excluding hydrogens is 224 g/mol. The molecule has 2 rings (SSSR count). The van der Waals surface area contributed by atoms with Gasteiger partial charge < -0.3 is 10.2 Å². The minimum Gasteiger partial charge on any atom is -0.353 e. The zero-order chi connectivity index (χ0) is 11.5. The molecule has 4 nitrogen and oxygen atoms in total. The van der Waals surface area contributed by atoms with Gasteiger partial charge in [-0.3, -0.25) is 9.59 Å². The first-order valence-corrected chi connectivity index (χ1v) is 6.98. The maximum atomic E-state index is 12.2. The predicted molar refractivity (Wildman–Crippen MR) is 64.3 cm³/mol. The molecule has 0 radical (unpaired) electrons.